The molecule has 26 heavy (non-hydrogen) atoms. The highest BCUT2D eigenvalue weighted by molar-refractivity contribution is 5.77. The van der Waals surface area contributed by atoms with Crippen LogP contribution in [0.15, 0.2) is 30.3 Å². The van der Waals surface area contributed by atoms with Crippen molar-refractivity contribution in [1.82, 2.24) is 10.3 Å². The number of pyridine rings is 1. The summed E-state index contributed by atoms with van der Waals surface area (Å²) in [5.74, 6) is 1.92. The number of rotatable bonds is 4. The van der Waals surface area contributed by atoms with Gasteiger partial charge in [0.25, 0.3) is 0 Å². The lowest BCUT2D eigenvalue weighted by atomic mass is 9.97. The maximum absolute atomic E-state index is 5.97. The molecule has 5 nitrogen and oxygen atoms in total. The van der Waals surface area contributed by atoms with Crippen LogP contribution in [0.1, 0.15) is 29.7 Å². The summed E-state index contributed by atoms with van der Waals surface area (Å²) in [6, 6.07) is 8.48. The number of ether oxygens (including phenoxy) is 1. The van der Waals surface area contributed by atoms with Crippen molar-refractivity contribution in [2.45, 2.75) is 26.2 Å². The van der Waals surface area contributed by atoms with Crippen LogP contribution >= 0.6 is 0 Å². The predicted molar refractivity (Wildman–Crippen MR) is 108 cm³/mol. The van der Waals surface area contributed by atoms with Gasteiger partial charge in [-0.15, -0.1) is 0 Å². The molecule has 2 aliphatic rings. The first-order chi connectivity index (χ1) is 12.7. The zero-order valence-corrected chi connectivity index (χ0v) is 15.5. The number of nitrogens with zero attached hydrogens (tertiary/aromatic N) is 1. The molecule has 5 heteroatoms. The van der Waals surface area contributed by atoms with E-state index in [9.17, 15) is 0 Å². The Morgan fingerprint density at radius 1 is 1.12 bits per heavy atom. The van der Waals surface area contributed by atoms with Gasteiger partial charge in [-0.25, -0.2) is 4.98 Å². The van der Waals surface area contributed by atoms with Crippen molar-refractivity contribution in [2.24, 2.45) is 0 Å². The van der Waals surface area contributed by atoms with Crippen LogP contribution in [0.4, 0.5) is 17.2 Å². The molecular formula is C21H26N4O. The Labute approximate surface area is 154 Å². The van der Waals surface area contributed by atoms with E-state index in [4.69, 9.17) is 4.74 Å². The Hall–Kier alpha value is -2.53. The second-order valence-electron chi connectivity index (χ2n) is 6.90. The van der Waals surface area contributed by atoms with Crippen LogP contribution in [0.2, 0.25) is 0 Å². The number of allylic oxidation sites excluding steroid dienone is 1. The number of benzene rings is 1. The standard InChI is InChI=1S/C21H26N4O/c1-14-10-17(22-2)13-20(24-14)25-18-11-16-6-9-26-21(16)19(12-18)15-4-3-7-23-8-5-15/h5,10-13,23H,3-4,6-9H2,1-2H3,(H2,22,24,25). The molecule has 0 aliphatic carbocycles. The van der Waals surface area contributed by atoms with Gasteiger partial charge < -0.3 is 20.7 Å². The minimum absolute atomic E-state index is 0.768. The van der Waals surface area contributed by atoms with E-state index in [1.807, 2.05) is 26.1 Å². The number of nitrogens with one attached hydrogen (secondary N) is 3. The highest BCUT2D eigenvalue weighted by atomic mass is 16.5. The predicted octanol–water partition coefficient (Wildman–Crippen LogP) is 3.88. The zero-order valence-electron chi connectivity index (χ0n) is 15.5. The molecule has 1 aromatic carbocycles. The maximum atomic E-state index is 5.97. The summed E-state index contributed by atoms with van der Waals surface area (Å²) in [5.41, 5.74) is 7.01. The SMILES string of the molecule is CNc1cc(C)nc(Nc2cc3c(c(C4=CCNCCC4)c2)OCC3)c1. The Morgan fingerprint density at radius 3 is 2.92 bits per heavy atom. The third-order valence-corrected chi connectivity index (χ3v) is 4.94. The van der Waals surface area contributed by atoms with Crippen molar-refractivity contribution in [3.63, 3.8) is 0 Å². The summed E-state index contributed by atoms with van der Waals surface area (Å²) in [7, 11) is 1.93. The van der Waals surface area contributed by atoms with Crippen molar-refractivity contribution in [3.8, 4) is 5.75 Å². The summed E-state index contributed by atoms with van der Waals surface area (Å²) in [5, 5.41) is 10.1. The second kappa shape index (κ2) is 7.38. The Kier molecular flexibility index (Phi) is 4.80. The van der Waals surface area contributed by atoms with E-state index in [0.717, 1.165) is 67.6 Å². The quantitative estimate of drug-likeness (QED) is 0.781. The molecule has 2 aromatic rings. The van der Waals surface area contributed by atoms with Gasteiger partial charge >= 0.3 is 0 Å². The first-order valence-electron chi connectivity index (χ1n) is 9.36. The minimum atomic E-state index is 0.768. The topological polar surface area (TPSA) is 58.2 Å². The highest BCUT2D eigenvalue weighted by Crippen LogP contribution is 2.39. The van der Waals surface area contributed by atoms with E-state index in [2.05, 4.69) is 39.1 Å². The van der Waals surface area contributed by atoms with Crippen molar-refractivity contribution < 1.29 is 4.74 Å². The smallest absolute Gasteiger partial charge is 0.132 e. The molecule has 1 aromatic heterocycles. The molecule has 0 atom stereocenters. The summed E-state index contributed by atoms with van der Waals surface area (Å²) < 4.78 is 5.97. The van der Waals surface area contributed by atoms with Gasteiger partial charge in [0, 0.05) is 54.3 Å². The fourth-order valence-corrected chi connectivity index (χ4v) is 3.69. The molecule has 136 valence electrons. The number of anilines is 3. The molecule has 0 fully saturated rings. The minimum Gasteiger partial charge on any atom is -0.492 e. The molecular weight excluding hydrogens is 324 g/mol. The molecule has 0 unspecified atom stereocenters. The normalized spacial score (nSPS) is 16.3. The lowest BCUT2D eigenvalue weighted by Crippen LogP contribution is -2.12. The second-order valence-corrected chi connectivity index (χ2v) is 6.90. The van der Waals surface area contributed by atoms with Crippen LogP contribution in [-0.4, -0.2) is 31.7 Å². The molecule has 2 aliphatic heterocycles. The first kappa shape index (κ1) is 16.9. The largest absolute Gasteiger partial charge is 0.492 e. The molecule has 0 saturated heterocycles. The van der Waals surface area contributed by atoms with Gasteiger partial charge in [-0.05, 0) is 50.1 Å². The summed E-state index contributed by atoms with van der Waals surface area (Å²) in [6.07, 6.45) is 5.51. The lowest BCUT2D eigenvalue weighted by molar-refractivity contribution is 0.356. The fourth-order valence-electron chi connectivity index (χ4n) is 3.69. The van der Waals surface area contributed by atoms with Crippen molar-refractivity contribution in [3.05, 3.63) is 47.2 Å². The number of hydrogen-bond acceptors (Lipinski definition) is 5. The van der Waals surface area contributed by atoms with Crippen LogP contribution in [0.25, 0.3) is 5.57 Å². The van der Waals surface area contributed by atoms with Gasteiger partial charge in [-0.2, -0.15) is 0 Å². The van der Waals surface area contributed by atoms with Gasteiger partial charge in [0.05, 0.1) is 6.61 Å². The van der Waals surface area contributed by atoms with Gasteiger partial charge in [0.2, 0.25) is 0 Å². The monoisotopic (exact) mass is 350 g/mol. The summed E-state index contributed by atoms with van der Waals surface area (Å²) in [6.45, 7) is 4.77. The van der Waals surface area contributed by atoms with Crippen LogP contribution in [0, 0.1) is 6.92 Å². The third-order valence-electron chi connectivity index (χ3n) is 4.94. The Balaban J connectivity index is 1.70. The van der Waals surface area contributed by atoms with E-state index in [0.29, 0.717) is 0 Å². The number of aryl methyl sites for hydroxylation is 1. The molecule has 0 spiro atoms. The van der Waals surface area contributed by atoms with Crippen molar-refractivity contribution in [2.75, 3.05) is 37.4 Å². The molecule has 3 heterocycles. The molecule has 0 saturated carbocycles. The third kappa shape index (κ3) is 3.53. The summed E-state index contributed by atoms with van der Waals surface area (Å²) >= 11 is 0. The van der Waals surface area contributed by atoms with Gasteiger partial charge in [-0.3, -0.25) is 0 Å². The number of hydrogen-bond donors (Lipinski definition) is 3. The van der Waals surface area contributed by atoms with E-state index >= 15 is 0 Å². The van der Waals surface area contributed by atoms with Gasteiger partial charge in [0.1, 0.15) is 11.6 Å². The maximum Gasteiger partial charge on any atom is 0.132 e. The van der Waals surface area contributed by atoms with Gasteiger partial charge in [-0.1, -0.05) is 6.08 Å². The van der Waals surface area contributed by atoms with Crippen LogP contribution in [0.5, 0.6) is 5.75 Å². The molecule has 0 bridgehead atoms. The highest BCUT2D eigenvalue weighted by Gasteiger charge is 2.21. The zero-order chi connectivity index (χ0) is 17.9. The lowest BCUT2D eigenvalue weighted by Gasteiger charge is -2.15. The van der Waals surface area contributed by atoms with Crippen LogP contribution in [0.3, 0.4) is 0 Å². The van der Waals surface area contributed by atoms with E-state index in [1.54, 1.807) is 0 Å². The number of aromatic nitrogens is 1. The molecule has 0 amide bonds. The fraction of sp³-hybridized carbons (Fsp3) is 0.381. The average molecular weight is 350 g/mol. The Bertz CT molecular complexity index is 844. The first-order valence-corrected chi connectivity index (χ1v) is 9.36. The molecule has 0 radical (unpaired) electrons. The Morgan fingerprint density at radius 2 is 2.04 bits per heavy atom. The van der Waals surface area contributed by atoms with E-state index in [1.165, 1.54) is 16.7 Å². The van der Waals surface area contributed by atoms with Crippen LogP contribution < -0.4 is 20.7 Å². The van der Waals surface area contributed by atoms with E-state index in [-0.39, 0.29) is 0 Å². The van der Waals surface area contributed by atoms with E-state index < -0.39 is 0 Å². The number of fused-ring (bicyclic) bond motifs is 1. The van der Waals surface area contributed by atoms with Crippen molar-refractivity contribution in [1.29, 1.82) is 0 Å². The molecule has 3 N–H and O–H groups in total. The van der Waals surface area contributed by atoms with Crippen LogP contribution in [-0.2, 0) is 6.42 Å². The van der Waals surface area contributed by atoms with Crippen molar-refractivity contribution >= 4 is 22.8 Å². The van der Waals surface area contributed by atoms with Gasteiger partial charge in [0.15, 0.2) is 0 Å². The average Bonchev–Trinajstić information content (AvgIpc) is 2.93. The molecule has 4 rings (SSSR count). The summed E-state index contributed by atoms with van der Waals surface area (Å²) in [4.78, 5) is 4.62.